The van der Waals surface area contributed by atoms with E-state index in [9.17, 15) is 0 Å². The van der Waals surface area contributed by atoms with Crippen molar-refractivity contribution in [3.05, 3.63) is 24.0 Å². The van der Waals surface area contributed by atoms with Gasteiger partial charge >= 0.3 is 0 Å². The summed E-state index contributed by atoms with van der Waals surface area (Å²) in [6.45, 7) is 5.69. The van der Waals surface area contributed by atoms with Crippen LogP contribution >= 0.6 is 0 Å². The van der Waals surface area contributed by atoms with Gasteiger partial charge in [-0.15, -0.1) is 0 Å². The van der Waals surface area contributed by atoms with Crippen molar-refractivity contribution >= 4 is 0 Å². The Bertz CT molecular complexity index is 400. The van der Waals surface area contributed by atoms with E-state index >= 15 is 0 Å². The van der Waals surface area contributed by atoms with Gasteiger partial charge in [0.1, 0.15) is 5.75 Å². The van der Waals surface area contributed by atoms with Crippen LogP contribution in [0.15, 0.2) is 18.5 Å². The summed E-state index contributed by atoms with van der Waals surface area (Å²) in [6, 6.07) is 2.17. The van der Waals surface area contributed by atoms with E-state index in [2.05, 4.69) is 29.2 Å². The lowest BCUT2D eigenvalue weighted by atomic mass is 10.0. The first-order chi connectivity index (χ1) is 9.24. The lowest BCUT2D eigenvalue weighted by Gasteiger charge is -2.35. The average Bonchev–Trinajstić information content (AvgIpc) is 2.45. The highest BCUT2D eigenvalue weighted by Gasteiger charge is 2.27. The molecule has 0 radical (unpaired) electrons. The highest BCUT2D eigenvalue weighted by atomic mass is 16.5. The fraction of sp³-hybridized carbons (Fsp3) is 0.643. The maximum absolute atomic E-state index is 5.92. The van der Waals surface area contributed by atoms with E-state index in [4.69, 9.17) is 9.47 Å². The monoisotopic (exact) mass is 265 g/mol. The Morgan fingerprint density at radius 3 is 3.11 bits per heavy atom. The summed E-state index contributed by atoms with van der Waals surface area (Å²) in [4.78, 5) is 6.54. The molecule has 0 aromatic carbocycles. The Kier molecular flexibility index (Phi) is 5.13. The summed E-state index contributed by atoms with van der Waals surface area (Å²) >= 11 is 0. The van der Waals surface area contributed by atoms with Crippen LogP contribution in [0.1, 0.15) is 18.5 Å². The molecule has 5 nitrogen and oxygen atoms in total. The third kappa shape index (κ3) is 3.65. The van der Waals surface area contributed by atoms with Gasteiger partial charge in [0.15, 0.2) is 0 Å². The molecule has 106 valence electrons. The standard InChI is InChI=1S/C14H23N3O2/c1-4-16-14(13-10-17(2)5-6-19-13)11-7-12(18-3)9-15-8-11/h7-9,13-14,16H,4-6,10H2,1-3H3. The second kappa shape index (κ2) is 6.84. The first kappa shape index (κ1) is 14.2. The number of nitrogens with one attached hydrogen (secondary N) is 1. The minimum absolute atomic E-state index is 0.146. The molecule has 0 aliphatic carbocycles. The van der Waals surface area contributed by atoms with E-state index < -0.39 is 0 Å². The van der Waals surface area contributed by atoms with Gasteiger partial charge in [0.2, 0.25) is 0 Å². The smallest absolute Gasteiger partial charge is 0.137 e. The Hall–Kier alpha value is -1.17. The molecule has 1 aliphatic heterocycles. The highest BCUT2D eigenvalue weighted by molar-refractivity contribution is 5.27. The SMILES string of the molecule is CCNC(c1cncc(OC)c1)C1CN(C)CCO1. The Balaban J connectivity index is 2.17. The van der Waals surface area contributed by atoms with Crippen LogP contribution in [-0.4, -0.2) is 56.4 Å². The summed E-state index contributed by atoms with van der Waals surface area (Å²) in [7, 11) is 3.79. The molecule has 2 rings (SSSR count). The number of morpholine rings is 1. The lowest BCUT2D eigenvalue weighted by Crippen LogP contribution is -2.46. The van der Waals surface area contributed by atoms with E-state index in [0.29, 0.717) is 0 Å². The molecule has 2 atom stereocenters. The van der Waals surface area contributed by atoms with Crippen LogP contribution < -0.4 is 10.1 Å². The summed E-state index contributed by atoms with van der Waals surface area (Å²) in [5.74, 6) is 0.782. The first-order valence-electron chi connectivity index (χ1n) is 6.77. The lowest BCUT2D eigenvalue weighted by molar-refractivity contribution is -0.0390. The molecular formula is C14H23N3O2. The van der Waals surface area contributed by atoms with Gasteiger partial charge < -0.3 is 19.7 Å². The van der Waals surface area contributed by atoms with E-state index in [-0.39, 0.29) is 12.1 Å². The third-order valence-electron chi connectivity index (χ3n) is 3.42. The number of nitrogens with zero attached hydrogens (tertiary/aromatic N) is 2. The van der Waals surface area contributed by atoms with Crippen molar-refractivity contribution in [2.45, 2.75) is 19.1 Å². The van der Waals surface area contributed by atoms with Crippen molar-refractivity contribution in [2.24, 2.45) is 0 Å². The summed E-state index contributed by atoms with van der Waals surface area (Å²) in [5, 5.41) is 3.49. The highest BCUT2D eigenvalue weighted by Crippen LogP contribution is 2.24. The second-order valence-corrected chi connectivity index (χ2v) is 4.86. The third-order valence-corrected chi connectivity index (χ3v) is 3.42. The molecule has 0 spiro atoms. The molecule has 1 aliphatic rings. The van der Waals surface area contributed by atoms with Crippen molar-refractivity contribution in [2.75, 3.05) is 40.4 Å². The minimum atomic E-state index is 0.146. The quantitative estimate of drug-likeness (QED) is 0.863. The molecule has 0 saturated carbocycles. The Labute approximate surface area is 114 Å². The normalized spacial score (nSPS) is 22.2. The zero-order chi connectivity index (χ0) is 13.7. The summed E-state index contributed by atoms with van der Waals surface area (Å²) < 4.78 is 11.2. The van der Waals surface area contributed by atoms with Crippen LogP contribution in [0.3, 0.4) is 0 Å². The molecule has 2 unspecified atom stereocenters. The molecule has 1 aromatic rings. The average molecular weight is 265 g/mol. The van der Waals surface area contributed by atoms with Crippen LogP contribution in [0.25, 0.3) is 0 Å². The van der Waals surface area contributed by atoms with E-state index in [1.54, 1.807) is 13.3 Å². The summed E-state index contributed by atoms with van der Waals surface area (Å²) in [5.41, 5.74) is 1.11. The Morgan fingerprint density at radius 2 is 2.42 bits per heavy atom. The molecule has 1 fully saturated rings. The van der Waals surface area contributed by atoms with Gasteiger partial charge in [-0.1, -0.05) is 6.92 Å². The number of hydrogen-bond acceptors (Lipinski definition) is 5. The number of rotatable bonds is 5. The number of hydrogen-bond donors (Lipinski definition) is 1. The van der Waals surface area contributed by atoms with E-state index in [1.807, 2.05) is 12.3 Å². The minimum Gasteiger partial charge on any atom is -0.495 e. The first-order valence-corrected chi connectivity index (χ1v) is 6.77. The molecule has 19 heavy (non-hydrogen) atoms. The second-order valence-electron chi connectivity index (χ2n) is 4.86. The number of aromatic nitrogens is 1. The number of ether oxygens (including phenoxy) is 2. The predicted octanol–water partition coefficient (Wildman–Crippen LogP) is 1.07. The topological polar surface area (TPSA) is 46.6 Å². The van der Waals surface area contributed by atoms with Crippen LogP contribution in [0.4, 0.5) is 0 Å². The summed E-state index contributed by atoms with van der Waals surface area (Å²) in [6.07, 6.45) is 3.75. The van der Waals surface area contributed by atoms with Gasteiger partial charge in [-0.3, -0.25) is 4.98 Å². The molecule has 1 N–H and O–H groups in total. The van der Waals surface area contributed by atoms with Gasteiger partial charge in [0.05, 0.1) is 32.1 Å². The van der Waals surface area contributed by atoms with Crippen LogP contribution in [0.2, 0.25) is 0 Å². The Morgan fingerprint density at radius 1 is 1.58 bits per heavy atom. The largest absolute Gasteiger partial charge is 0.495 e. The van der Waals surface area contributed by atoms with Crippen molar-refractivity contribution in [1.29, 1.82) is 0 Å². The van der Waals surface area contributed by atoms with Gasteiger partial charge in [-0.25, -0.2) is 0 Å². The van der Waals surface area contributed by atoms with Crippen molar-refractivity contribution < 1.29 is 9.47 Å². The van der Waals surface area contributed by atoms with E-state index in [1.165, 1.54) is 0 Å². The molecule has 0 bridgehead atoms. The molecular weight excluding hydrogens is 242 g/mol. The maximum atomic E-state index is 5.92. The molecule has 5 heteroatoms. The fourth-order valence-electron chi connectivity index (χ4n) is 2.41. The number of methoxy groups -OCH3 is 1. The number of likely N-dealkylation sites (N-methyl/N-ethyl adjacent to an activating group) is 2. The molecule has 2 heterocycles. The number of pyridine rings is 1. The molecule has 1 aromatic heterocycles. The van der Waals surface area contributed by atoms with Crippen molar-refractivity contribution in [3.63, 3.8) is 0 Å². The van der Waals surface area contributed by atoms with Gasteiger partial charge in [0, 0.05) is 19.3 Å². The maximum Gasteiger partial charge on any atom is 0.137 e. The van der Waals surface area contributed by atoms with Gasteiger partial charge in [-0.2, -0.15) is 0 Å². The van der Waals surface area contributed by atoms with Crippen molar-refractivity contribution in [1.82, 2.24) is 15.2 Å². The van der Waals surface area contributed by atoms with Crippen molar-refractivity contribution in [3.8, 4) is 5.75 Å². The zero-order valence-electron chi connectivity index (χ0n) is 11.9. The predicted molar refractivity (Wildman–Crippen MR) is 74.4 cm³/mol. The fourth-order valence-corrected chi connectivity index (χ4v) is 2.41. The van der Waals surface area contributed by atoms with Gasteiger partial charge in [0.25, 0.3) is 0 Å². The van der Waals surface area contributed by atoms with E-state index in [0.717, 1.165) is 37.6 Å². The molecule has 1 saturated heterocycles. The van der Waals surface area contributed by atoms with Crippen LogP contribution in [0, 0.1) is 0 Å². The molecule has 0 amide bonds. The van der Waals surface area contributed by atoms with Gasteiger partial charge in [-0.05, 0) is 25.2 Å². The van der Waals surface area contributed by atoms with Crippen LogP contribution in [-0.2, 0) is 4.74 Å². The van der Waals surface area contributed by atoms with Crippen LogP contribution in [0.5, 0.6) is 5.75 Å². The zero-order valence-corrected chi connectivity index (χ0v) is 11.9.